The lowest BCUT2D eigenvalue weighted by Crippen LogP contribution is -2.49. The summed E-state index contributed by atoms with van der Waals surface area (Å²) in [4.78, 5) is 22.6. The summed E-state index contributed by atoms with van der Waals surface area (Å²) in [5, 5.41) is 0.938. The van der Waals surface area contributed by atoms with E-state index in [4.69, 9.17) is 4.74 Å². The molecule has 26 heavy (non-hydrogen) atoms. The maximum Gasteiger partial charge on any atom is 0.228 e. The number of hydrogen-bond acceptors (Lipinski definition) is 5. The fourth-order valence-corrected chi connectivity index (χ4v) is 4.39. The second-order valence-electron chi connectivity index (χ2n) is 6.81. The van der Waals surface area contributed by atoms with Crippen molar-refractivity contribution in [2.75, 3.05) is 38.2 Å². The Hall–Kier alpha value is -1.92. The molecule has 1 aromatic heterocycles. The van der Waals surface area contributed by atoms with Crippen LogP contribution in [0.1, 0.15) is 26.7 Å². The molecule has 1 amide bonds. The van der Waals surface area contributed by atoms with Crippen LogP contribution in [0.15, 0.2) is 18.2 Å². The number of carbonyl (C=O) groups excluding carboxylic acids is 1. The Kier molecular flexibility index (Phi) is 5.94. The number of nitrogens with zero attached hydrogens (tertiary/aromatic N) is 3. The van der Waals surface area contributed by atoms with E-state index in [2.05, 4.69) is 41.9 Å². The van der Waals surface area contributed by atoms with Gasteiger partial charge in [-0.25, -0.2) is 4.98 Å². The molecule has 2 heterocycles. The number of piperazine rings is 1. The zero-order valence-electron chi connectivity index (χ0n) is 16.0. The van der Waals surface area contributed by atoms with Crippen molar-refractivity contribution >= 4 is 22.9 Å². The minimum absolute atomic E-state index is 0.196. The summed E-state index contributed by atoms with van der Waals surface area (Å²) in [6, 6.07) is 6.44. The van der Waals surface area contributed by atoms with E-state index in [1.165, 1.54) is 16.8 Å². The number of anilines is 1. The van der Waals surface area contributed by atoms with Crippen molar-refractivity contribution in [3.63, 3.8) is 0 Å². The SMILES string of the molecule is COCc1nc(C)c(CC(=O)N2CCN(c3cccc(C)c3C)CC2)s1. The quantitative estimate of drug-likeness (QED) is 0.808. The molecule has 2 aromatic rings. The van der Waals surface area contributed by atoms with Crippen LogP contribution in [0.25, 0.3) is 0 Å². The minimum atomic E-state index is 0.196. The topological polar surface area (TPSA) is 45.7 Å². The van der Waals surface area contributed by atoms with E-state index in [-0.39, 0.29) is 5.91 Å². The third-order valence-electron chi connectivity index (χ3n) is 5.07. The lowest BCUT2D eigenvalue weighted by atomic mass is 10.1. The van der Waals surface area contributed by atoms with Crippen LogP contribution in [-0.4, -0.2) is 49.1 Å². The molecule has 0 radical (unpaired) electrons. The summed E-state index contributed by atoms with van der Waals surface area (Å²) in [7, 11) is 1.66. The van der Waals surface area contributed by atoms with Crippen molar-refractivity contribution < 1.29 is 9.53 Å². The van der Waals surface area contributed by atoms with Crippen LogP contribution in [0.4, 0.5) is 5.69 Å². The van der Waals surface area contributed by atoms with Gasteiger partial charge in [-0.15, -0.1) is 11.3 Å². The molecule has 1 aromatic carbocycles. The highest BCUT2D eigenvalue weighted by Crippen LogP contribution is 2.24. The second-order valence-corrected chi connectivity index (χ2v) is 7.98. The lowest BCUT2D eigenvalue weighted by Gasteiger charge is -2.37. The molecule has 5 nitrogen and oxygen atoms in total. The molecule has 0 unspecified atom stereocenters. The summed E-state index contributed by atoms with van der Waals surface area (Å²) >= 11 is 1.58. The molecule has 1 aliphatic rings. The number of thiazole rings is 1. The molecule has 0 N–H and O–H groups in total. The third-order valence-corrected chi connectivity index (χ3v) is 6.20. The Morgan fingerprint density at radius 3 is 2.62 bits per heavy atom. The first kappa shape index (κ1) is 18.9. The van der Waals surface area contributed by atoms with Crippen molar-refractivity contribution in [2.24, 2.45) is 0 Å². The molecule has 0 saturated carbocycles. The van der Waals surface area contributed by atoms with E-state index >= 15 is 0 Å². The number of aromatic nitrogens is 1. The summed E-state index contributed by atoms with van der Waals surface area (Å²) in [5.41, 5.74) is 4.89. The molecule has 0 bridgehead atoms. The Bertz CT molecular complexity index is 779. The van der Waals surface area contributed by atoms with E-state index in [1.54, 1.807) is 18.4 Å². The van der Waals surface area contributed by atoms with E-state index in [0.29, 0.717) is 13.0 Å². The molecule has 1 fully saturated rings. The van der Waals surface area contributed by atoms with Gasteiger partial charge in [0, 0.05) is 43.9 Å². The molecular weight excluding hydrogens is 346 g/mol. The van der Waals surface area contributed by atoms with Crippen LogP contribution >= 0.6 is 11.3 Å². The van der Waals surface area contributed by atoms with E-state index in [9.17, 15) is 4.79 Å². The van der Waals surface area contributed by atoms with Gasteiger partial charge >= 0.3 is 0 Å². The van der Waals surface area contributed by atoms with E-state index in [0.717, 1.165) is 41.8 Å². The summed E-state index contributed by atoms with van der Waals surface area (Å²) in [5.74, 6) is 0.196. The van der Waals surface area contributed by atoms with Gasteiger partial charge in [0.1, 0.15) is 5.01 Å². The Labute approximate surface area is 159 Å². The maximum absolute atomic E-state index is 12.7. The van der Waals surface area contributed by atoms with Gasteiger partial charge in [0.05, 0.1) is 18.7 Å². The van der Waals surface area contributed by atoms with Gasteiger partial charge in [-0.1, -0.05) is 12.1 Å². The smallest absolute Gasteiger partial charge is 0.228 e. The predicted molar refractivity (Wildman–Crippen MR) is 106 cm³/mol. The zero-order chi connectivity index (χ0) is 18.7. The van der Waals surface area contributed by atoms with E-state index < -0.39 is 0 Å². The summed E-state index contributed by atoms with van der Waals surface area (Å²) in [6.07, 6.45) is 0.441. The van der Waals surface area contributed by atoms with Gasteiger partial charge in [-0.05, 0) is 38.0 Å². The number of aryl methyl sites for hydroxylation is 2. The average molecular weight is 374 g/mol. The Balaban J connectivity index is 1.59. The molecule has 6 heteroatoms. The van der Waals surface area contributed by atoms with Crippen LogP contribution < -0.4 is 4.90 Å². The second kappa shape index (κ2) is 8.18. The zero-order valence-corrected chi connectivity index (χ0v) is 16.9. The molecule has 140 valence electrons. The molecule has 1 aliphatic heterocycles. The molecule has 0 aliphatic carbocycles. The molecule has 1 saturated heterocycles. The third kappa shape index (κ3) is 4.07. The standard InChI is InChI=1S/C20H27N3O2S/c1-14-6-5-7-17(15(14)2)22-8-10-23(11-9-22)20(24)12-18-16(3)21-19(26-18)13-25-4/h5-7H,8-13H2,1-4H3. The van der Waals surface area contributed by atoms with Crippen LogP contribution in [0, 0.1) is 20.8 Å². The minimum Gasteiger partial charge on any atom is -0.378 e. The highest BCUT2D eigenvalue weighted by atomic mass is 32.1. The summed E-state index contributed by atoms with van der Waals surface area (Å²) in [6.45, 7) is 10.1. The van der Waals surface area contributed by atoms with Crippen LogP contribution in [0.2, 0.25) is 0 Å². The number of benzene rings is 1. The van der Waals surface area contributed by atoms with Gasteiger partial charge < -0.3 is 14.5 Å². The van der Waals surface area contributed by atoms with Crippen molar-refractivity contribution in [1.82, 2.24) is 9.88 Å². The number of methoxy groups -OCH3 is 1. The highest BCUT2D eigenvalue weighted by molar-refractivity contribution is 7.11. The number of hydrogen-bond donors (Lipinski definition) is 0. The normalized spacial score (nSPS) is 14.8. The van der Waals surface area contributed by atoms with Crippen molar-refractivity contribution in [1.29, 1.82) is 0 Å². The van der Waals surface area contributed by atoms with Crippen LogP contribution in [0.5, 0.6) is 0 Å². The number of rotatable bonds is 5. The van der Waals surface area contributed by atoms with Gasteiger partial charge in [0.25, 0.3) is 0 Å². The Morgan fingerprint density at radius 1 is 1.19 bits per heavy atom. The fraction of sp³-hybridized carbons (Fsp3) is 0.500. The predicted octanol–water partition coefficient (Wildman–Crippen LogP) is 3.11. The van der Waals surface area contributed by atoms with Crippen molar-refractivity contribution in [3.8, 4) is 0 Å². The fourth-order valence-electron chi connectivity index (χ4n) is 3.36. The van der Waals surface area contributed by atoms with E-state index in [1.807, 2.05) is 11.8 Å². The number of ether oxygens (including phenoxy) is 1. The molecular formula is C20H27N3O2S. The van der Waals surface area contributed by atoms with Crippen LogP contribution in [0.3, 0.4) is 0 Å². The van der Waals surface area contributed by atoms with Gasteiger partial charge in [-0.3, -0.25) is 4.79 Å². The molecule has 0 atom stereocenters. The highest BCUT2D eigenvalue weighted by Gasteiger charge is 2.23. The molecule has 3 rings (SSSR count). The van der Waals surface area contributed by atoms with Crippen molar-refractivity contribution in [2.45, 2.75) is 33.8 Å². The monoisotopic (exact) mass is 373 g/mol. The van der Waals surface area contributed by atoms with Crippen LogP contribution in [-0.2, 0) is 22.6 Å². The first-order valence-electron chi connectivity index (χ1n) is 9.02. The average Bonchev–Trinajstić information content (AvgIpc) is 2.97. The van der Waals surface area contributed by atoms with Gasteiger partial charge in [-0.2, -0.15) is 0 Å². The largest absolute Gasteiger partial charge is 0.378 e. The van der Waals surface area contributed by atoms with Gasteiger partial charge in [0.15, 0.2) is 0 Å². The Morgan fingerprint density at radius 2 is 1.92 bits per heavy atom. The van der Waals surface area contributed by atoms with Crippen molar-refractivity contribution in [3.05, 3.63) is 44.9 Å². The molecule has 0 spiro atoms. The first-order valence-corrected chi connectivity index (χ1v) is 9.84. The number of amides is 1. The maximum atomic E-state index is 12.7. The first-order chi connectivity index (χ1) is 12.5. The van der Waals surface area contributed by atoms with Gasteiger partial charge in [0.2, 0.25) is 5.91 Å². The summed E-state index contributed by atoms with van der Waals surface area (Å²) < 4.78 is 5.14. The lowest BCUT2D eigenvalue weighted by molar-refractivity contribution is -0.130. The number of carbonyl (C=O) groups is 1.